The minimum absolute atomic E-state index is 0.0578. The van der Waals surface area contributed by atoms with Gasteiger partial charge in [-0.25, -0.2) is 0 Å². The molecule has 0 saturated heterocycles. The SMILES string of the molecule is COc1ccccc1C1(CNC(=O)CC#N)CCCC1. The van der Waals surface area contributed by atoms with Gasteiger partial charge in [0.2, 0.25) is 5.91 Å². The number of para-hydroxylation sites is 1. The van der Waals surface area contributed by atoms with Crippen LogP contribution in [0.4, 0.5) is 0 Å². The number of amides is 1. The molecule has 1 amide bonds. The second-order valence-electron chi connectivity index (χ2n) is 5.30. The first-order chi connectivity index (χ1) is 9.72. The standard InChI is InChI=1S/C16H20N2O2/c1-20-14-7-3-2-6-13(14)16(9-4-5-10-16)12-18-15(19)8-11-17/h2-3,6-7H,4-5,8-10,12H2,1H3,(H,18,19). The van der Waals surface area contributed by atoms with Gasteiger partial charge in [-0.05, 0) is 18.9 Å². The molecular weight excluding hydrogens is 252 g/mol. The monoisotopic (exact) mass is 272 g/mol. The summed E-state index contributed by atoms with van der Waals surface area (Å²) >= 11 is 0. The first-order valence-corrected chi connectivity index (χ1v) is 6.99. The lowest BCUT2D eigenvalue weighted by Crippen LogP contribution is -2.39. The predicted octanol–water partition coefficient (Wildman–Crippen LogP) is 2.54. The summed E-state index contributed by atoms with van der Waals surface area (Å²) in [5.74, 6) is 0.678. The Balaban J connectivity index is 2.21. The van der Waals surface area contributed by atoms with E-state index in [1.54, 1.807) is 7.11 Å². The van der Waals surface area contributed by atoms with Gasteiger partial charge in [-0.15, -0.1) is 0 Å². The third-order valence-electron chi connectivity index (χ3n) is 4.10. The largest absolute Gasteiger partial charge is 0.496 e. The number of carbonyl (C=O) groups excluding carboxylic acids is 1. The highest BCUT2D eigenvalue weighted by atomic mass is 16.5. The summed E-state index contributed by atoms with van der Waals surface area (Å²) < 4.78 is 5.47. The second kappa shape index (κ2) is 6.42. The van der Waals surface area contributed by atoms with Crippen LogP contribution in [-0.4, -0.2) is 19.6 Å². The van der Waals surface area contributed by atoms with Crippen LogP contribution >= 0.6 is 0 Å². The number of nitriles is 1. The molecule has 1 aromatic rings. The summed E-state index contributed by atoms with van der Waals surface area (Å²) in [6.07, 6.45) is 4.32. The molecule has 20 heavy (non-hydrogen) atoms. The van der Waals surface area contributed by atoms with Crippen LogP contribution in [0.1, 0.15) is 37.7 Å². The van der Waals surface area contributed by atoms with Crippen molar-refractivity contribution in [3.05, 3.63) is 29.8 Å². The van der Waals surface area contributed by atoms with Gasteiger partial charge in [0.15, 0.2) is 0 Å². The van der Waals surface area contributed by atoms with E-state index in [0.29, 0.717) is 6.54 Å². The van der Waals surface area contributed by atoms with E-state index >= 15 is 0 Å². The molecule has 1 aliphatic carbocycles. The van der Waals surface area contributed by atoms with Crippen molar-refractivity contribution in [2.75, 3.05) is 13.7 Å². The minimum Gasteiger partial charge on any atom is -0.496 e. The van der Waals surface area contributed by atoms with Gasteiger partial charge in [-0.3, -0.25) is 4.79 Å². The Bertz CT molecular complexity index is 513. The van der Waals surface area contributed by atoms with Crippen LogP contribution < -0.4 is 10.1 Å². The number of hydrogen-bond acceptors (Lipinski definition) is 3. The average molecular weight is 272 g/mol. The Morgan fingerprint density at radius 1 is 1.40 bits per heavy atom. The van der Waals surface area contributed by atoms with Crippen LogP contribution in [0.2, 0.25) is 0 Å². The smallest absolute Gasteiger partial charge is 0.234 e. The van der Waals surface area contributed by atoms with Gasteiger partial charge >= 0.3 is 0 Å². The molecule has 0 aliphatic heterocycles. The van der Waals surface area contributed by atoms with Crippen molar-refractivity contribution in [1.29, 1.82) is 5.26 Å². The maximum Gasteiger partial charge on any atom is 0.234 e. The molecule has 0 unspecified atom stereocenters. The Hall–Kier alpha value is -2.02. The first kappa shape index (κ1) is 14.4. The van der Waals surface area contributed by atoms with Gasteiger partial charge in [-0.2, -0.15) is 5.26 Å². The van der Waals surface area contributed by atoms with Crippen LogP contribution in [0.25, 0.3) is 0 Å². The molecule has 1 fully saturated rings. The molecule has 1 N–H and O–H groups in total. The Kier molecular flexibility index (Phi) is 4.62. The summed E-state index contributed by atoms with van der Waals surface area (Å²) in [5.41, 5.74) is 1.11. The zero-order chi connectivity index (χ0) is 14.4. The van der Waals surface area contributed by atoms with Crippen molar-refractivity contribution in [2.24, 2.45) is 0 Å². The third kappa shape index (κ3) is 2.93. The molecule has 0 aromatic heterocycles. The molecule has 1 aliphatic rings. The Labute approximate surface area is 119 Å². The number of nitrogens with one attached hydrogen (secondary N) is 1. The predicted molar refractivity (Wildman–Crippen MR) is 76.4 cm³/mol. The fraction of sp³-hybridized carbons (Fsp3) is 0.500. The van der Waals surface area contributed by atoms with Gasteiger partial charge in [0.25, 0.3) is 0 Å². The minimum atomic E-state index is -0.200. The molecule has 0 spiro atoms. The zero-order valence-electron chi connectivity index (χ0n) is 11.8. The maximum absolute atomic E-state index is 11.6. The summed E-state index contributed by atoms with van der Waals surface area (Å²) in [6.45, 7) is 0.577. The van der Waals surface area contributed by atoms with Crippen molar-refractivity contribution >= 4 is 5.91 Å². The number of benzene rings is 1. The number of nitrogens with zero attached hydrogens (tertiary/aromatic N) is 1. The highest BCUT2D eigenvalue weighted by molar-refractivity contribution is 5.78. The molecule has 0 radical (unpaired) electrons. The molecule has 1 saturated carbocycles. The van der Waals surface area contributed by atoms with E-state index in [1.165, 1.54) is 0 Å². The summed E-state index contributed by atoms with van der Waals surface area (Å²) in [4.78, 5) is 11.6. The lowest BCUT2D eigenvalue weighted by Gasteiger charge is -2.31. The van der Waals surface area contributed by atoms with Crippen LogP contribution in [0, 0.1) is 11.3 Å². The number of rotatable bonds is 5. The quantitative estimate of drug-likeness (QED) is 0.896. The van der Waals surface area contributed by atoms with Gasteiger partial charge in [0.05, 0.1) is 13.2 Å². The topological polar surface area (TPSA) is 62.1 Å². The van der Waals surface area contributed by atoms with E-state index in [1.807, 2.05) is 24.3 Å². The van der Waals surface area contributed by atoms with E-state index in [0.717, 1.165) is 37.0 Å². The molecule has 0 bridgehead atoms. The number of methoxy groups -OCH3 is 1. The van der Waals surface area contributed by atoms with Crippen molar-refractivity contribution in [3.63, 3.8) is 0 Å². The van der Waals surface area contributed by atoms with Gasteiger partial charge in [0.1, 0.15) is 12.2 Å². The van der Waals surface area contributed by atoms with E-state index in [2.05, 4.69) is 11.4 Å². The third-order valence-corrected chi connectivity index (χ3v) is 4.10. The van der Waals surface area contributed by atoms with Crippen molar-refractivity contribution in [2.45, 2.75) is 37.5 Å². The summed E-state index contributed by atoms with van der Waals surface area (Å²) in [7, 11) is 1.68. The highest BCUT2D eigenvalue weighted by Gasteiger charge is 2.37. The molecule has 4 nitrogen and oxygen atoms in total. The van der Waals surface area contributed by atoms with Gasteiger partial charge in [-0.1, -0.05) is 31.0 Å². The molecule has 0 heterocycles. The van der Waals surface area contributed by atoms with Crippen LogP contribution in [0.5, 0.6) is 5.75 Å². The van der Waals surface area contributed by atoms with E-state index in [4.69, 9.17) is 10.00 Å². The van der Waals surface area contributed by atoms with Crippen LogP contribution in [0.15, 0.2) is 24.3 Å². The van der Waals surface area contributed by atoms with Crippen molar-refractivity contribution in [1.82, 2.24) is 5.32 Å². The number of ether oxygens (including phenoxy) is 1. The molecule has 0 atom stereocenters. The number of carbonyl (C=O) groups is 1. The molecule has 4 heteroatoms. The van der Waals surface area contributed by atoms with E-state index in [9.17, 15) is 4.79 Å². The van der Waals surface area contributed by atoms with Gasteiger partial charge in [0, 0.05) is 17.5 Å². The highest BCUT2D eigenvalue weighted by Crippen LogP contribution is 2.44. The fourth-order valence-electron chi connectivity index (χ4n) is 3.08. The second-order valence-corrected chi connectivity index (χ2v) is 5.30. The molecular formula is C16H20N2O2. The number of hydrogen-bond donors (Lipinski definition) is 1. The lowest BCUT2D eigenvalue weighted by molar-refractivity contribution is -0.120. The van der Waals surface area contributed by atoms with Crippen LogP contribution in [-0.2, 0) is 10.2 Å². The van der Waals surface area contributed by atoms with Crippen molar-refractivity contribution in [3.8, 4) is 11.8 Å². The van der Waals surface area contributed by atoms with E-state index in [-0.39, 0.29) is 17.7 Å². The maximum atomic E-state index is 11.6. The average Bonchev–Trinajstić information content (AvgIpc) is 2.95. The zero-order valence-corrected chi connectivity index (χ0v) is 11.8. The van der Waals surface area contributed by atoms with E-state index < -0.39 is 0 Å². The van der Waals surface area contributed by atoms with Crippen LogP contribution in [0.3, 0.4) is 0 Å². The fourth-order valence-corrected chi connectivity index (χ4v) is 3.08. The molecule has 106 valence electrons. The van der Waals surface area contributed by atoms with Gasteiger partial charge < -0.3 is 10.1 Å². The Morgan fingerprint density at radius 2 is 2.10 bits per heavy atom. The normalized spacial score (nSPS) is 16.4. The summed E-state index contributed by atoms with van der Waals surface area (Å²) in [6, 6.07) is 9.90. The molecule has 1 aromatic carbocycles. The van der Waals surface area contributed by atoms with Crippen molar-refractivity contribution < 1.29 is 9.53 Å². The first-order valence-electron chi connectivity index (χ1n) is 6.99. The lowest BCUT2D eigenvalue weighted by atomic mass is 9.78. The Morgan fingerprint density at radius 3 is 2.75 bits per heavy atom. The molecule has 2 rings (SSSR count). The summed E-state index contributed by atoms with van der Waals surface area (Å²) in [5, 5.41) is 11.5.